The van der Waals surface area contributed by atoms with Crippen molar-refractivity contribution in [2.75, 3.05) is 11.5 Å². The molecule has 0 aliphatic carbocycles. The number of amides is 4. The van der Waals surface area contributed by atoms with Crippen molar-refractivity contribution in [2.24, 2.45) is 0 Å². The fourth-order valence-corrected chi connectivity index (χ4v) is 4.64. The molecule has 3 aromatic rings. The summed E-state index contributed by atoms with van der Waals surface area (Å²) in [6.45, 7) is 4.38. The van der Waals surface area contributed by atoms with Gasteiger partial charge in [-0.05, 0) is 77.3 Å². The number of hydrogen-bond donors (Lipinski definition) is 1. The molecule has 1 saturated heterocycles. The molecule has 0 bridgehead atoms. The molecule has 9 heteroatoms. The number of halogens is 2. The van der Waals surface area contributed by atoms with Gasteiger partial charge in [0.15, 0.2) is 11.5 Å². The summed E-state index contributed by atoms with van der Waals surface area (Å²) in [6.07, 6.45) is 1.43. The highest BCUT2D eigenvalue weighted by Crippen LogP contribution is 2.38. The summed E-state index contributed by atoms with van der Waals surface area (Å²) >= 11 is 7.04. The summed E-state index contributed by atoms with van der Waals surface area (Å²) in [5, 5.41) is 2.24. The van der Waals surface area contributed by atoms with E-state index < -0.39 is 17.8 Å². The summed E-state index contributed by atoms with van der Waals surface area (Å²) in [4.78, 5) is 39.2. The Morgan fingerprint density at radius 3 is 2.44 bits per heavy atom. The zero-order valence-electron chi connectivity index (χ0n) is 19.5. The number of carbonyl (C=O) groups is 3. The maximum Gasteiger partial charge on any atom is 0.335 e. The molecule has 7 nitrogen and oxygen atoms in total. The lowest BCUT2D eigenvalue weighted by Gasteiger charge is -2.26. The van der Waals surface area contributed by atoms with E-state index in [1.807, 2.05) is 44.2 Å². The molecule has 3 aromatic carbocycles. The molecule has 0 saturated carbocycles. The molecule has 36 heavy (non-hydrogen) atoms. The van der Waals surface area contributed by atoms with Gasteiger partial charge in [-0.25, -0.2) is 9.69 Å². The van der Waals surface area contributed by atoms with Crippen LogP contribution in [-0.4, -0.2) is 24.5 Å². The second-order valence-corrected chi connectivity index (χ2v) is 9.65. The fourth-order valence-electron chi connectivity index (χ4n) is 3.67. The number of urea groups is 1. The molecule has 1 N–H and O–H groups in total. The van der Waals surface area contributed by atoms with Crippen molar-refractivity contribution in [3.8, 4) is 11.5 Å². The first-order valence-corrected chi connectivity index (χ1v) is 12.7. The quantitative estimate of drug-likeness (QED) is 0.255. The summed E-state index contributed by atoms with van der Waals surface area (Å²) < 4.78 is 13.4. The Kier molecular flexibility index (Phi) is 7.91. The smallest absolute Gasteiger partial charge is 0.335 e. The van der Waals surface area contributed by atoms with Gasteiger partial charge >= 0.3 is 6.03 Å². The van der Waals surface area contributed by atoms with Gasteiger partial charge in [0.2, 0.25) is 0 Å². The van der Waals surface area contributed by atoms with Crippen molar-refractivity contribution in [1.29, 1.82) is 0 Å². The third-order valence-electron chi connectivity index (χ3n) is 5.33. The van der Waals surface area contributed by atoms with Crippen molar-refractivity contribution in [2.45, 2.75) is 20.5 Å². The SMILES string of the molecule is CCOc1cc(/C=C2\C(=O)NC(=O)N(c3cccc(C)c3)C2=O)cc(Br)c1OCc1ccccc1Br. The maximum absolute atomic E-state index is 13.2. The Morgan fingerprint density at radius 2 is 1.72 bits per heavy atom. The number of benzene rings is 3. The molecule has 0 aromatic heterocycles. The maximum atomic E-state index is 13.2. The molecule has 1 fully saturated rings. The number of carbonyl (C=O) groups excluding carboxylic acids is 3. The van der Waals surface area contributed by atoms with Crippen molar-refractivity contribution in [1.82, 2.24) is 5.32 Å². The molecule has 184 valence electrons. The van der Waals surface area contributed by atoms with E-state index in [4.69, 9.17) is 9.47 Å². The zero-order valence-corrected chi connectivity index (χ0v) is 22.7. The summed E-state index contributed by atoms with van der Waals surface area (Å²) in [6, 6.07) is 17.3. The summed E-state index contributed by atoms with van der Waals surface area (Å²) in [5.41, 5.74) is 2.56. The summed E-state index contributed by atoms with van der Waals surface area (Å²) in [7, 11) is 0. The lowest BCUT2D eigenvalue weighted by atomic mass is 10.1. The minimum atomic E-state index is -0.792. The third kappa shape index (κ3) is 5.52. The van der Waals surface area contributed by atoms with Crippen molar-refractivity contribution in [3.05, 3.63) is 91.9 Å². The van der Waals surface area contributed by atoms with Gasteiger partial charge < -0.3 is 9.47 Å². The monoisotopic (exact) mass is 612 g/mol. The van der Waals surface area contributed by atoms with Crippen molar-refractivity contribution in [3.63, 3.8) is 0 Å². The summed E-state index contributed by atoms with van der Waals surface area (Å²) in [5.74, 6) is -0.540. The topological polar surface area (TPSA) is 84.9 Å². The first-order chi connectivity index (χ1) is 17.3. The number of nitrogens with zero attached hydrogens (tertiary/aromatic N) is 1. The van der Waals surface area contributed by atoms with Crippen LogP contribution in [0.5, 0.6) is 11.5 Å². The molecular formula is C27H22Br2N2O5. The van der Waals surface area contributed by atoms with Gasteiger partial charge in [0.05, 0.1) is 16.8 Å². The van der Waals surface area contributed by atoms with E-state index in [2.05, 4.69) is 37.2 Å². The van der Waals surface area contributed by atoms with E-state index in [1.54, 1.807) is 30.3 Å². The Morgan fingerprint density at radius 1 is 0.944 bits per heavy atom. The Balaban J connectivity index is 1.67. The first-order valence-electron chi connectivity index (χ1n) is 11.1. The van der Waals surface area contributed by atoms with Crippen LogP contribution in [0.4, 0.5) is 10.5 Å². The number of aryl methyl sites for hydroxylation is 1. The molecule has 1 aliphatic heterocycles. The minimum absolute atomic E-state index is 0.174. The van der Waals surface area contributed by atoms with Crippen LogP contribution in [0.2, 0.25) is 0 Å². The highest BCUT2D eigenvalue weighted by molar-refractivity contribution is 9.10. The molecular weight excluding hydrogens is 592 g/mol. The Labute approximate surface area is 225 Å². The molecule has 0 unspecified atom stereocenters. The van der Waals surface area contributed by atoms with Gasteiger partial charge in [0.1, 0.15) is 12.2 Å². The molecule has 0 spiro atoms. The van der Waals surface area contributed by atoms with Gasteiger partial charge in [-0.1, -0.05) is 46.3 Å². The van der Waals surface area contributed by atoms with Gasteiger partial charge in [0, 0.05) is 10.0 Å². The number of imide groups is 2. The van der Waals surface area contributed by atoms with Crippen LogP contribution in [0.15, 0.2) is 75.2 Å². The van der Waals surface area contributed by atoms with Gasteiger partial charge in [-0.2, -0.15) is 0 Å². The Hall–Kier alpha value is -3.43. The second kappa shape index (κ2) is 11.1. The number of barbiturate groups is 1. The van der Waals surface area contributed by atoms with Crippen LogP contribution in [0.1, 0.15) is 23.6 Å². The van der Waals surface area contributed by atoms with E-state index >= 15 is 0 Å². The molecule has 4 rings (SSSR count). The number of nitrogens with one attached hydrogen (secondary N) is 1. The molecule has 4 amide bonds. The standard InChI is InChI=1S/C27H22Br2N2O5/c1-3-35-23-14-17(13-22(29)24(23)36-15-18-8-4-5-10-21(18)28)12-20-25(32)30-27(34)31(26(20)33)19-9-6-7-16(2)11-19/h4-14H,3,15H2,1-2H3,(H,30,32,34)/b20-12+. The zero-order chi connectivity index (χ0) is 25.8. The lowest BCUT2D eigenvalue weighted by molar-refractivity contribution is -0.122. The Bertz CT molecular complexity index is 1390. The highest BCUT2D eigenvalue weighted by Gasteiger charge is 2.37. The molecule has 0 radical (unpaired) electrons. The minimum Gasteiger partial charge on any atom is -0.490 e. The van der Waals surface area contributed by atoms with Crippen LogP contribution in [0.25, 0.3) is 6.08 Å². The van der Waals surface area contributed by atoms with Crippen LogP contribution in [0.3, 0.4) is 0 Å². The van der Waals surface area contributed by atoms with Crippen LogP contribution in [-0.2, 0) is 16.2 Å². The largest absolute Gasteiger partial charge is 0.490 e. The number of rotatable bonds is 7. The molecule has 1 heterocycles. The van der Waals surface area contributed by atoms with Crippen LogP contribution in [0, 0.1) is 6.92 Å². The highest BCUT2D eigenvalue weighted by atomic mass is 79.9. The number of hydrogen-bond acceptors (Lipinski definition) is 5. The first kappa shape index (κ1) is 25.7. The number of anilines is 1. The van der Waals surface area contributed by atoms with Crippen LogP contribution < -0.4 is 19.7 Å². The van der Waals surface area contributed by atoms with E-state index in [-0.39, 0.29) is 5.57 Å². The van der Waals surface area contributed by atoms with Gasteiger partial charge in [0.25, 0.3) is 11.8 Å². The van der Waals surface area contributed by atoms with E-state index in [0.29, 0.717) is 40.4 Å². The fraction of sp³-hybridized carbons (Fsp3) is 0.148. The van der Waals surface area contributed by atoms with Crippen molar-refractivity contribution < 1.29 is 23.9 Å². The second-order valence-electron chi connectivity index (χ2n) is 7.94. The third-order valence-corrected chi connectivity index (χ3v) is 6.70. The number of ether oxygens (including phenoxy) is 2. The van der Waals surface area contributed by atoms with E-state index in [0.717, 1.165) is 20.5 Å². The predicted molar refractivity (Wildman–Crippen MR) is 144 cm³/mol. The average molecular weight is 614 g/mol. The molecule has 1 aliphatic rings. The van der Waals surface area contributed by atoms with Gasteiger partial charge in [-0.3, -0.25) is 14.9 Å². The average Bonchev–Trinajstić information content (AvgIpc) is 2.82. The van der Waals surface area contributed by atoms with Gasteiger partial charge in [-0.15, -0.1) is 0 Å². The predicted octanol–water partition coefficient (Wildman–Crippen LogP) is 6.16. The van der Waals surface area contributed by atoms with Crippen LogP contribution >= 0.6 is 31.9 Å². The van der Waals surface area contributed by atoms with Crippen molar-refractivity contribution >= 4 is 61.5 Å². The van der Waals surface area contributed by atoms with E-state index in [9.17, 15) is 14.4 Å². The molecule has 0 atom stereocenters. The van der Waals surface area contributed by atoms with E-state index in [1.165, 1.54) is 6.08 Å². The normalized spacial score (nSPS) is 14.7. The lowest BCUT2D eigenvalue weighted by Crippen LogP contribution is -2.54.